The monoisotopic (exact) mass is 586 g/mol. The molecule has 3 saturated heterocycles. The van der Waals surface area contributed by atoms with E-state index >= 15 is 0 Å². The molecule has 0 aliphatic carbocycles. The maximum atomic E-state index is 14.6. The lowest BCUT2D eigenvalue weighted by Gasteiger charge is -2.37. The second-order valence-electron chi connectivity index (χ2n) is 11.3. The zero-order valence-electron chi connectivity index (χ0n) is 25.1. The number of aliphatic hydroxyl groups excluding tert-OH is 1. The third kappa shape index (κ3) is 5.14. The molecule has 2 bridgehead atoms. The summed E-state index contributed by atoms with van der Waals surface area (Å²) in [5.41, 5.74) is 1.28. The Kier molecular flexibility index (Phi) is 9.03. The van der Waals surface area contributed by atoms with Crippen molar-refractivity contribution in [1.29, 1.82) is 0 Å². The van der Waals surface area contributed by atoms with E-state index in [0.717, 1.165) is 18.8 Å². The fraction of sp³-hybridized carbons (Fsp3) is 0.441. The molecule has 3 fully saturated rings. The standard InChI is InChI=1S/C34H42N4O5/c1-5-20-36(25-12-10-9-11-13-25)31(40)28-27-18-19-34(43-27)29(28)32(41)38(22-23-39)30(34)33(42)37(21-6-2)26-16-14-24(15-17-26)35(7-3)8-4/h5-6,9-17,27-30,39H,1-2,7-8,18-23H2,3-4H3/t27-,28+,29-,30?,34?/m0/s1. The van der Waals surface area contributed by atoms with Crippen molar-refractivity contribution < 1.29 is 24.2 Å². The maximum absolute atomic E-state index is 14.6. The van der Waals surface area contributed by atoms with Crippen molar-refractivity contribution in [2.45, 2.75) is 44.4 Å². The van der Waals surface area contributed by atoms with Crippen LogP contribution < -0.4 is 14.7 Å². The Morgan fingerprint density at radius 1 is 0.953 bits per heavy atom. The van der Waals surface area contributed by atoms with Gasteiger partial charge in [-0.25, -0.2) is 0 Å². The van der Waals surface area contributed by atoms with Gasteiger partial charge in [0.1, 0.15) is 11.6 Å². The predicted octanol–water partition coefficient (Wildman–Crippen LogP) is 3.64. The van der Waals surface area contributed by atoms with Crippen LogP contribution in [0.15, 0.2) is 79.9 Å². The third-order valence-electron chi connectivity index (χ3n) is 9.17. The van der Waals surface area contributed by atoms with Crippen molar-refractivity contribution >= 4 is 34.8 Å². The molecule has 2 unspecified atom stereocenters. The number of nitrogens with zero attached hydrogens (tertiary/aromatic N) is 4. The first-order valence-electron chi connectivity index (χ1n) is 15.2. The average molecular weight is 587 g/mol. The number of carbonyl (C=O) groups excluding carboxylic acids is 3. The second-order valence-corrected chi connectivity index (χ2v) is 11.3. The first-order chi connectivity index (χ1) is 20.9. The van der Waals surface area contributed by atoms with Crippen molar-refractivity contribution in [3.8, 4) is 0 Å². The molecule has 1 N–H and O–H groups in total. The van der Waals surface area contributed by atoms with E-state index in [4.69, 9.17) is 4.74 Å². The van der Waals surface area contributed by atoms with Crippen LogP contribution in [-0.2, 0) is 19.1 Å². The molecular formula is C34H42N4O5. The normalized spacial score (nSPS) is 25.4. The van der Waals surface area contributed by atoms with Crippen LogP contribution in [0.1, 0.15) is 26.7 Å². The number of hydrogen-bond donors (Lipinski definition) is 1. The smallest absolute Gasteiger partial charge is 0.253 e. The van der Waals surface area contributed by atoms with E-state index in [0.29, 0.717) is 24.2 Å². The summed E-state index contributed by atoms with van der Waals surface area (Å²) >= 11 is 0. The van der Waals surface area contributed by atoms with Crippen molar-refractivity contribution in [2.24, 2.45) is 11.8 Å². The minimum absolute atomic E-state index is 0.0275. The van der Waals surface area contributed by atoms with Gasteiger partial charge in [-0.3, -0.25) is 14.4 Å². The summed E-state index contributed by atoms with van der Waals surface area (Å²) < 4.78 is 6.61. The number of anilines is 3. The van der Waals surface area contributed by atoms with E-state index in [1.165, 1.54) is 4.90 Å². The molecule has 0 aromatic heterocycles. The number of likely N-dealkylation sites (tertiary alicyclic amines) is 1. The Hall–Kier alpha value is -3.95. The number of benzene rings is 2. The lowest BCUT2D eigenvalue weighted by atomic mass is 9.70. The molecular weight excluding hydrogens is 544 g/mol. The van der Waals surface area contributed by atoms with Gasteiger partial charge in [0.15, 0.2) is 0 Å². The van der Waals surface area contributed by atoms with Gasteiger partial charge in [-0.1, -0.05) is 30.4 Å². The van der Waals surface area contributed by atoms with Gasteiger partial charge in [0.05, 0.1) is 24.5 Å². The van der Waals surface area contributed by atoms with Crippen LogP contribution in [0, 0.1) is 11.8 Å². The van der Waals surface area contributed by atoms with E-state index in [-0.39, 0.29) is 44.0 Å². The van der Waals surface area contributed by atoms with Crippen LogP contribution in [0.2, 0.25) is 0 Å². The van der Waals surface area contributed by atoms with Gasteiger partial charge in [0, 0.05) is 49.8 Å². The summed E-state index contributed by atoms with van der Waals surface area (Å²) in [6.45, 7) is 13.8. The van der Waals surface area contributed by atoms with Crippen LogP contribution in [0.5, 0.6) is 0 Å². The Balaban J connectivity index is 1.51. The minimum atomic E-state index is -1.16. The molecule has 3 amide bonds. The molecule has 2 aromatic rings. The third-order valence-corrected chi connectivity index (χ3v) is 9.17. The molecule has 0 radical (unpaired) electrons. The molecule has 228 valence electrons. The molecule has 5 rings (SSSR count). The molecule has 3 aliphatic heterocycles. The molecule has 0 saturated carbocycles. The number of rotatable bonds is 13. The van der Waals surface area contributed by atoms with Crippen LogP contribution in [0.3, 0.4) is 0 Å². The van der Waals surface area contributed by atoms with Gasteiger partial charge in [0.2, 0.25) is 11.8 Å². The quantitative estimate of drug-likeness (QED) is 0.361. The SMILES string of the molecule is C=CCN(C(=O)C1N(CCO)C(=O)[C@@H]2[C@H](C(=O)N(CC=C)c3ccccc3)[C@@H]3CCC12O3)c1ccc(N(CC)CC)cc1. The number of carbonyl (C=O) groups is 3. The van der Waals surface area contributed by atoms with E-state index in [2.05, 4.69) is 31.9 Å². The van der Waals surface area contributed by atoms with Gasteiger partial charge in [0.25, 0.3) is 5.91 Å². The number of ether oxygens (including phenoxy) is 1. The van der Waals surface area contributed by atoms with Gasteiger partial charge < -0.3 is 29.4 Å². The van der Waals surface area contributed by atoms with E-state index < -0.39 is 29.6 Å². The molecule has 9 nitrogen and oxygen atoms in total. The topological polar surface area (TPSA) is 93.6 Å². The summed E-state index contributed by atoms with van der Waals surface area (Å²) in [4.78, 5) is 49.8. The fourth-order valence-corrected chi connectivity index (χ4v) is 7.33. The van der Waals surface area contributed by atoms with Gasteiger partial charge in [-0.15, -0.1) is 13.2 Å². The second kappa shape index (κ2) is 12.7. The van der Waals surface area contributed by atoms with Crippen LogP contribution in [0.25, 0.3) is 0 Å². The number of hydrogen-bond acceptors (Lipinski definition) is 6. The highest BCUT2D eigenvalue weighted by Gasteiger charge is 2.75. The van der Waals surface area contributed by atoms with Crippen LogP contribution in [-0.4, -0.2) is 84.8 Å². The Morgan fingerprint density at radius 3 is 2.12 bits per heavy atom. The number of amides is 3. The van der Waals surface area contributed by atoms with E-state index in [1.54, 1.807) is 22.0 Å². The summed E-state index contributed by atoms with van der Waals surface area (Å²) in [5.74, 6) is -2.43. The molecule has 9 heteroatoms. The zero-order chi connectivity index (χ0) is 30.7. The molecule has 3 aliphatic rings. The summed E-state index contributed by atoms with van der Waals surface area (Å²) in [7, 11) is 0. The summed E-state index contributed by atoms with van der Waals surface area (Å²) in [6, 6.07) is 16.1. The Labute approximate surface area is 254 Å². The molecule has 5 atom stereocenters. The van der Waals surface area contributed by atoms with Crippen molar-refractivity contribution in [3.05, 3.63) is 79.9 Å². The van der Waals surface area contributed by atoms with Gasteiger partial charge in [-0.2, -0.15) is 0 Å². The average Bonchev–Trinajstić information content (AvgIpc) is 3.67. The minimum Gasteiger partial charge on any atom is -0.395 e. The molecule has 43 heavy (non-hydrogen) atoms. The van der Waals surface area contributed by atoms with E-state index in [1.807, 2.05) is 54.6 Å². The van der Waals surface area contributed by atoms with Crippen LogP contribution in [0.4, 0.5) is 17.1 Å². The van der Waals surface area contributed by atoms with Gasteiger partial charge in [-0.05, 0) is 63.1 Å². The maximum Gasteiger partial charge on any atom is 0.253 e. The summed E-state index contributed by atoms with van der Waals surface area (Å²) in [6.07, 6.45) is 3.88. The number of fused-ring (bicyclic) bond motifs is 1. The highest BCUT2D eigenvalue weighted by Crippen LogP contribution is 2.59. The van der Waals surface area contributed by atoms with E-state index in [9.17, 15) is 19.5 Å². The Morgan fingerprint density at radius 2 is 1.53 bits per heavy atom. The molecule has 2 aromatic carbocycles. The lowest BCUT2D eigenvalue weighted by Crippen LogP contribution is -2.57. The number of β-amino-alcohol motifs (C(OH)–C–C–N with tert-alkyl or cyclic N) is 1. The largest absolute Gasteiger partial charge is 0.395 e. The summed E-state index contributed by atoms with van der Waals surface area (Å²) in [5, 5.41) is 9.98. The molecule has 3 heterocycles. The fourth-order valence-electron chi connectivity index (χ4n) is 7.33. The first kappa shape index (κ1) is 30.5. The van der Waals surface area contributed by atoms with Crippen molar-refractivity contribution in [3.63, 3.8) is 0 Å². The lowest BCUT2D eigenvalue weighted by molar-refractivity contribution is -0.141. The zero-order valence-corrected chi connectivity index (χ0v) is 25.1. The Bertz CT molecular complexity index is 1340. The van der Waals surface area contributed by atoms with Crippen molar-refractivity contribution in [2.75, 3.05) is 54.0 Å². The highest BCUT2D eigenvalue weighted by atomic mass is 16.5. The number of aliphatic hydroxyl groups is 1. The number of para-hydroxylation sites is 1. The van der Waals surface area contributed by atoms with Crippen molar-refractivity contribution in [1.82, 2.24) is 4.90 Å². The first-order valence-corrected chi connectivity index (χ1v) is 15.2. The van der Waals surface area contributed by atoms with Crippen LogP contribution >= 0.6 is 0 Å². The predicted molar refractivity (Wildman–Crippen MR) is 168 cm³/mol. The highest BCUT2D eigenvalue weighted by molar-refractivity contribution is 6.06. The molecule has 1 spiro atoms. The van der Waals surface area contributed by atoms with Gasteiger partial charge >= 0.3 is 0 Å².